The Bertz CT molecular complexity index is 730. The number of anilines is 2. The van der Waals surface area contributed by atoms with Crippen LogP contribution >= 0.6 is 0 Å². The Hall–Kier alpha value is -2.54. The predicted molar refractivity (Wildman–Crippen MR) is 92.1 cm³/mol. The number of nitrogens with one attached hydrogen (secondary N) is 2. The average molecular weight is 351 g/mol. The number of benzene rings is 2. The smallest absolute Gasteiger partial charge is 0.355 e. The minimum atomic E-state index is -4.42. The molecule has 1 amide bonds. The van der Waals surface area contributed by atoms with Crippen LogP contribution in [-0.2, 0) is 6.18 Å². The number of halogens is 3. The molecule has 25 heavy (non-hydrogen) atoms. The zero-order chi connectivity index (χ0) is 18.4. The second-order valence-electron chi connectivity index (χ2n) is 5.81. The summed E-state index contributed by atoms with van der Waals surface area (Å²) in [7, 11) is 3.80. The normalized spacial score (nSPS) is 11.4. The molecule has 4 nitrogen and oxygen atoms in total. The maximum Gasteiger partial charge on any atom is 0.416 e. The molecule has 0 spiro atoms. The highest BCUT2D eigenvalue weighted by atomic mass is 19.4. The van der Waals surface area contributed by atoms with Gasteiger partial charge in [0.25, 0.3) is 5.91 Å². The van der Waals surface area contributed by atoms with E-state index < -0.39 is 11.7 Å². The lowest BCUT2D eigenvalue weighted by Gasteiger charge is -2.15. The van der Waals surface area contributed by atoms with Crippen molar-refractivity contribution in [3.63, 3.8) is 0 Å². The molecule has 0 radical (unpaired) electrons. The molecule has 2 N–H and O–H groups in total. The van der Waals surface area contributed by atoms with Gasteiger partial charge >= 0.3 is 6.18 Å². The Morgan fingerprint density at radius 1 is 1.08 bits per heavy atom. The zero-order valence-electron chi connectivity index (χ0n) is 14.0. The number of para-hydroxylation sites is 1. The highest BCUT2D eigenvalue weighted by Crippen LogP contribution is 2.31. The van der Waals surface area contributed by atoms with Crippen LogP contribution in [0, 0.1) is 0 Å². The quantitative estimate of drug-likeness (QED) is 0.833. The maximum absolute atomic E-state index is 12.8. The lowest BCUT2D eigenvalue weighted by atomic mass is 10.1. The van der Waals surface area contributed by atoms with E-state index in [4.69, 9.17) is 0 Å². The van der Waals surface area contributed by atoms with Crippen LogP contribution in [0.4, 0.5) is 24.5 Å². The van der Waals surface area contributed by atoms with E-state index in [-0.39, 0.29) is 11.6 Å². The van der Waals surface area contributed by atoms with E-state index >= 15 is 0 Å². The SMILES string of the molecule is CN(C)CCNC(=O)c1ccccc1Nc1cccc(C(F)(F)F)c1. The van der Waals surface area contributed by atoms with Gasteiger partial charge in [-0.15, -0.1) is 0 Å². The molecular weight excluding hydrogens is 331 g/mol. The van der Waals surface area contributed by atoms with E-state index in [0.717, 1.165) is 12.1 Å². The molecule has 134 valence electrons. The minimum Gasteiger partial charge on any atom is -0.355 e. The van der Waals surface area contributed by atoms with Gasteiger partial charge in [-0.3, -0.25) is 4.79 Å². The molecule has 0 aliphatic heterocycles. The van der Waals surface area contributed by atoms with Crippen molar-refractivity contribution >= 4 is 17.3 Å². The first kappa shape index (κ1) is 18.8. The average Bonchev–Trinajstić information content (AvgIpc) is 2.54. The Balaban J connectivity index is 2.17. The van der Waals surface area contributed by atoms with E-state index in [0.29, 0.717) is 24.3 Å². The van der Waals surface area contributed by atoms with Crippen LogP contribution in [0.25, 0.3) is 0 Å². The van der Waals surface area contributed by atoms with Gasteiger partial charge in [-0.1, -0.05) is 18.2 Å². The molecule has 0 unspecified atom stereocenters. The summed E-state index contributed by atoms with van der Waals surface area (Å²) >= 11 is 0. The van der Waals surface area contributed by atoms with E-state index in [2.05, 4.69) is 10.6 Å². The van der Waals surface area contributed by atoms with Gasteiger partial charge < -0.3 is 15.5 Å². The summed E-state index contributed by atoms with van der Waals surface area (Å²) in [4.78, 5) is 14.3. The molecule has 0 saturated heterocycles. The van der Waals surface area contributed by atoms with Gasteiger partial charge in [-0.2, -0.15) is 13.2 Å². The summed E-state index contributed by atoms with van der Waals surface area (Å²) in [6, 6.07) is 11.6. The summed E-state index contributed by atoms with van der Waals surface area (Å²) in [5, 5.41) is 5.69. The first-order chi connectivity index (χ1) is 11.8. The number of rotatable bonds is 6. The van der Waals surface area contributed by atoms with Gasteiger partial charge in [0.1, 0.15) is 0 Å². The van der Waals surface area contributed by atoms with E-state index in [1.807, 2.05) is 19.0 Å². The van der Waals surface area contributed by atoms with Crippen molar-refractivity contribution in [1.82, 2.24) is 10.2 Å². The Morgan fingerprint density at radius 3 is 2.48 bits per heavy atom. The van der Waals surface area contributed by atoms with Crippen LogP contribution in [0.2, 0.25) is 0 Å². The Morgan fingerprint density at radius 2 is 1.80 bits per heavy atom. The van der Waals surface area contributed by atoms with Crippen molar-refractivity contribution in [2.75, 3.05) is 32.5 Å². The van der Waals surface area contributed by atoms with Gasteiger partial charge in [0.05, 0.1) is 16.8 Å². The first-order valence-electron chi connectivity index (χ1n) is 7.73. The van der Waals surface area contributed by atoms with Crippen molar-refractivity contribution in [2.24, 2.45) is 0 Å². The first-order valence-corrected chi connectivity index (χ1v) is 7.73. The molecule has 2 rings (SSSR count). The third kappa shape index (κ3) is 5.49. The van der Waals surface area contributed by atoms with Crippen molar-refractivity contribution in [2.45, 2.75) is 6.18 Å². The van der Waals surface area contributed by atoms with Gasteiger partial charge in [0.2, 0.25) is 0 Å². The molecule has 2 aromatic carbocycles. The molecule has 0 aliphatic rings. The summed E-state index contributed by atoms with van der Waals surface area (Å²) in [5.74, 6) is -0.281. The number of amides is 1. The van der Waals surface area contributed by atoms with Gasteiger partial charge in [-0.05, 0) is 44.4 Å². The van der Waals surface area contributed by atoms with E-state index in [1.165, 1.54) is 12.1 Å². The molecule has 2 aromatic rings. The number of likely N-dealkylation sites (N-methyl/N-ethyl adjacent to an activating group) is 1. The van der Waals surface area contributed by atoms with Gasteiger partial charge in [0.15, 0.2) is 0 Å². The molecule has 0 heterocycles. The molecule has 0 aliphatic carbocycles. The fourth-order valence-electron chi connectivity index (χ4n) is 2.21. The number of carbonyl (C=O) groups excluding carboxylic acids is 1. The summed E-state index contributed by atoms with van der Waals surface area (Å²) in [6.07, 6.45) is -4.42. The number of nitrogens with zero attached hydrogens (tertiary/aromatic N) is 1. The number of hydrogen-bond donors (Lipinski definition) is 2. The summed E-state index contributed by atoms with van der Waals surface area (Å²) in [6.45, 7) is 1.17. The highest BCUT2D eigenvalue weighted by Gasteiger charge is 2.30. The molecule has 0 aromatic heterocycles. The van der Waals surface area contributed by atoms with Crippen LogP contribution < -0.4 is 10.6 Å². The molecule has 0 atom stereocenters. The van der Waals surface area contributed by atoms with E-state index in [9.17, 15) is 18.0 Å². The fourth-order valence-corrected chi connectivity index (χ4v) is 2.21. The van der Waals surface area contributed by atoms with E-state index in [1.54, 1.807) is 24.3 Å². The number of carbonyl (C=O) groups is 1. The lowest BCUT2D eigenvalue weighted by Crippen LogP contribution is -2.31. The number of alkyl halides is 3. The molecule has 7 heteroatoms. The largest absolute Gasteiger partial charge is 0.416 e. The molecular formula is C18H20F3N3O. The lowest BCUT2D eigenvalue weighted by molar-refractivity contribution is -0.137. The van der Waals surface area contributed by atoms with Crippen LogP contribution in [0.15, 0.2) is 48.5 Å². The summed E-state index contributed by atoms with van der Waals surface area (Å²) < 4.78 is 38.5. The monoisotopic (exact) mass is 351 g/mol. The zero-order valence-corrected chi connectivity index (χ0v) is 14.0. The second kappa shape index (κ2) is 8.02. The molecule has 0 saturated carbocycles. The third-order valence-corrected chi connectivity index (χ3v) is 3.49. The van der Waals surface area contributed by atoms with Crippen molar-refractivity contribution in [3.8, 4) is 0 Å². The third-order valence-electron chi connectivity index (χ3n) is 3.49. The predicted octanol–water partition coefficient (Wildman–Crippen LogP) is 3.74. The molecule has 0 fully saturated rings. The Labute approximate surface area is 144 Å². The molecule has 0 bridgehead atoms. The van der Waals surface area contributed by atoms with Crippen LogP contribution in [0.1, 0.15) is 15.9 Å². The summed E-state index contributed by atoms with van der Waals surface area (Å²) in [5.41, 5.74) is 0.344. The number of hydrogen-bond acceptors (Lipinski definition) is 3. The van der Waals surface area contributed by atoms with Gasteiger partial charge in [-0.25, -0.2) is 0 Å². The van der Waals surface area contributed by atoms with Crippen molar-refractivity contribution in [3.05, 3.63) is 59.7 Å². The maximum atomic E-state index is 12.8. The topological polar surface area (TPSA) is 44.4 Å². The van der Waals surface area contributed by atoms with Crippen LogP contribution in [0.3, 0.4) is 0 Å². The minimum absolute atomic E-state index is 0.267. The van der Waals surface area contributed by atoms with Gasteiger partial charge in [0, 0.05) is 18.8 Å². The van der Waals surface area contributed by atoms with Crippen LogP contribution in [-0.4, -0.2) is 38.0 Å². The van der Waals surface area contributed by atoms with Crippen molar-refractivity contribution in [1.29, 1.82) is 0 Å². The second-order valence-corrected chi connectivity index (χ2v) is 5.81. The fraction of sp³-hybridized carbons (Fsp3) is 0.278. The van der Waals surface area contributed by atoms with Crippen LogP contribution in [0.5, 0.6) is 0 Å². The Kier molecular flexibility index (Phi) is 6.03. The van der Waals surface area contributed by atoms with Crippen molar-refractivity contribution < 1.29 is 18.0 Å². The highest BCUT2D eigenvalue weighted by molar-refractivity contribution is 6.00. The standard InChI is InChI=1S/C18H20F3N3O/c1-24(2)11-10-22-17(25)15-8-3-4-9-16(15)23-14-7-5-6-13(12-14)18(19,20)21/h3-9,12,23H,10-11H2,1-2H3,(H,22,25).